The summed E-state index contributed by atoms with van der Waals surface area (Å²) in [5.41, 5.74) is 0. The molecule has 0 aromatic heterocycles. The number of likely N-dealkylation sites (tertiary alicyclic amines) is 1. The number of aliphatic imine (C=N–C) groups is 1. The maximum Gasteiger partial charge on any atom is 0.191 e. The summed E-state index contributed by atoms with van der Waals surface area (Å²) in [6.07, 6.45) is 4.10. The normalized spacial score (nSPS) is 20.8. The van der Waals surface area contributed by atoms with Crippen molar-refractivity contribution in [3.05, 3.63) is 30.3 Å². The molecular weight excluding hydrogens is 427 g/mol. The standard InChI is InChI=1S/C19H30N4O.HI/c1-2-20-19(21-11-13-24-18-6-4-3-5-7-18)22-14-16-10-12-23(15-16)17-8-9-17;/h3-7,16-17H,2,8-15H2,1H3,(H2,20,21,22);1H. The maximum atomic E-state index is 5.71. The molecule has 5 nitrogen and oxygen atoms in total. The summed E-state index contributed by atoms with van der Waals surface area (Å²) in [4.78, 5) is 7.41. The van der Waals surface area contributed by atoms with Gasteiger partial charge in [0.25, 0.3) is 0 Å². The zero-order chi connectivity index (χ0) is 16.6. The molecule has 1 saturated carbocycles. The van der Waals surface area contributed by atoms with Crippen molar-refractivity contribution in [2.45, 2.75) is 32.2 Å². The van der Waals surface area contributed by atoms with Gasteiger partial charge in [0.1, 0.15) is 12.4 Å². The Morgan fingerprint density at radius 2 is 2.00 bits per heavy atom. The number of hydrogen-bond donors (Lipinski definition) is 2. The van der Waals surface area contributed by atoms with Crippen LogP contribution in [0, 0.1) is 5.92 Å². The highest BCUT2D eigenvalue weighted by Gasteiger charge is 2.34. The molecule has 1 saturated heterocycles. The molecule has 2 N–H and O–H groups in total. The third-order valence-corrected chi connectivity index (χ3v) is 4.64. The molecule has 1 aliphatic carbocycles. The Kier molecular flexibility index (Phi) is 8.81. The highest BCUT2D eigenvalue weighted by Crippen LogP contribution is 2.31. The summed E-state index contributed by atoms with van der Waals surface area (Å²) in [6.45, 7) is 7.77. The van der Waals surface area contributed by atoms with E-state index in [1.807, 2.05) is 30.3 Å². The van der Waals surface area contributed by atoms with Gasteiger partial charge in [0.2, 0.25) is 0 Å². The number of nitrogens with zero attached hydrogens (tertiary/aromatic N) is 2. The van der Waals surface area contributed by atoms with Gasteiger partial charge in [-0.05, 0) is 50.8 Å². The third kappa shape index (κ3) is 7.01. The van der Waals surface area contributed by atoms with Crippen LogP contribution >= 0.6 is 24.0 Å². The number of ether oxygens (including phenoxy) is 1. The predicted molar refractivity (Wildman–Crippen MR) is 114 cm³/mol. The second kappa shape index (κ2) is 10.9. The quantitative estimate of drug-likeness (QED) is 0.272. The van der Waals surface area contributed by atoms with Gasteiger partial charge in [0, 0.05) is 25.7 Å². The van der Waals surface area contributed by atoms with E-state index in [9.17, 15) is 0 Å². The van der Waals surface area contributed by atoms with Gasteiger partial charge in [-0.2, -0.15) is 0 Å². The van der Waals surface area contributed by atoms with Crippen molar-refractivity contribution in [2.24, 2.45) is 10.9 Å². The molecule has 1 aliphatic heterocycles. The van der Waals surface area contributed by atoms with Crippen LogP contribution in [-0.2, 0) is 0 Å². The molecule has 2 fully saturated rings. The Morgan fingerprint density at radius 1 is 1.20 bits per heavy atom. The zero-order valence-corrected chi connectivity index (χ0v) is 17.4. The van der Waals surface area contributed by atoms with Crippen molar-refractivity contribution >= 4 is 29.9 Å². The topological polar surface area (TPSA) is 48.9 Å². The van der Waals surface area contributed by atoms with Gasteiger partial charge in [-0.1, -0.05) is 18.2 Å². The molecule has 0 spiro atoms. The molecule has 1 atom stereocenters. The molecule has 1 unspecified atom stereocenters. The predicted octanol–water partition coefficient (Wildman–Crippen LogP) is 2.72. The lowest BCUT2D eigenvalue weighted by molar-refractivity contribution is 0.315. The van der Waals surface area contributed by atoms with Gasteiger partial charge in [0.05, 0.1) is 6.54 Å². The van der Waals surface area contributed by atoms with E-state index >= 15 is 0 Å². The van der Waals surface area contributed by atoms with Crippen LogP contribution in [0.25, 0.3) is 0 Å². The van der Waals surface area contributed by atoms with Crippen LogP contribution in [0.3, 0.4) is 0 Å². The van der Waals surface area contributed by atoms with E-state index in [1.165, 1.54) is 32.4 Å². The van der Waals surface area contributed by atoms with Gasteiger partial charge < -0.3 is 20.3 Å². The van der Waals surface area contributed by atoms with E-state index in [0.29, 0.717) is 12.5 Å². The van der Waals surface area contributed by atoms with Crippen LogP contribution in [-0.4, -0.2) is 56.2 Å². The lowest BCUT2D eigenvalue weighted by Gasteiger charge is -2.15. The molecule has 0 radical (unpaired) electrons. The second-order valence-corrected chi connectivity index (χ2v) is 6.69. The first kappa shape index (κ1) is 20.3. The molecule has 140 valence electrons. The minimum atomic E-state index is 0. The van der Waals surface area contributed by atoms with Crippen molar-refractivity contribution in [1.82, 2.24) is 15.5 Å². The monoisotopic (exact) mass is 458 g/mol. The van der Waals surface area contributed by atoms with Gasteiger partial charge in [-0.3, -0.25) is 4.99 Å². The fraction of sp³-hybridized carbons (Fsp3) is 0.632. The Balaban J connectivity index is 0.00000225. The largest absolute Gasteiger partial charge is 0.492 e. The van der Waals surface area contributed by atoms with Gasteiger partial charge in [-0.15, -0.1) is 24.0 Å². The fourth-order valence-electron chi connectivity index (χ4n) is 3.20. The maximum absolute atomic E-state index is 5.71. The van der Waals surface area contributed by atoms with E-state index in [-0.39, 0.29) is 24.0 Å². The number of halogens is 1. The third-order valence-electron chi connectivity index (χ3n) is 4.64. The molecule has 0 bridgehead atoms. The Hall–Kier alpha value is -1.02. The first-order chi connectivity index (χ1) is 11.8. The van der Waals surface area contributed by atoms with Crippen LogP contribution in [0.15, 0.2) is 35.3 Å². The number of benzene rings is 1. The van der Waals surface area contributed by atoms with E-state index < -0.39 is 0 Å². The first-order valence-electron chi connectivity index (χ1n) is 9.29. The van der Waals surface area contributed by atoms with Crippen LogP contribution in [0.1, 0.15) is 26.2 Å². The summed E-state index contributed by atoms with van der Waals surface area (Å²) in [5, 5.41) is 6.68. The minimum Gasteiger partial charge on any atom is -0.492 e. The fourth-order valence-corrected chi connectivity index (χ4v) is 3.20. The summed E-state index contributed by atoms with van der Waals surface area (Å²) in [5.74, 6) is 2.52. The van der Waals surface area contributed by atoms with E-state index in [4.69, 9.17) is 9.73 Å². The van der Waals surface area contributed by atoms with Crippen molar-refractivity contribution < 1.29 is 4.74 Å². The van der Waals surface area contributed by atoms with Crippen LogP contribution in [0.4, 0.5) is 0 Å². The number of para-hydroxylation sites is 1. The average Bonchev–Trinajstić information content (AvgIpc) is 3.36. The van der Waals surface area contributed by atoms with Crippen molar-refractivity contribution in [3.63, 3.8) is 0 Å². The van der Waals surface area contributed by atoms with Crippen molar-refractivity contribution in [1.29, 1.82) is 0 Å². The molecule has 1 aromatic rings. The highest BCUT2D eigenvalue weighted by molar-refractivity contribution is 14.0. The zero-order valence-electron chi connectivity index (χ0n) is 15.1. The van der Waals surface area contributed by atoms with E-state index in [0.717, 1.165) is 37.4 Å². The minimum absolute atomic E-state index is 0. The molecule has 0 amide bonds. The molecule has 1 aromatic carbocycles. The summed E-state index contributed by atoms with van der Waals surface area (Å²) in [7, 11) is 0. The molecular formula is C19H31IN4O. The van der Waals surface area contributed by atoms with E-state index in [1.54, 1.807) is 0 Å². The number of rotatable bonds is 8. The molecule has 25 heavy (non-hydrogen) atoms. The molecule has 1 heterocycles. The molecule has 2 aliphatic rings. The smallest absolute Gasteiger partial charge is 0.191 e. The number of nitrogens with one attached hydrogen (secondary N) is 2. The Morgan fingerprint density at radius 3 is 2.72 bits per heavy atom. The summed E-state index contributed by atoms with van der Waals surface area (Å²) < 4.78 is 5.71. The van der Waals surface area contributed by atoms with Crippen LogP contribution in [0.2, 0.25) is 0 Å². The van der Waals surface area contributed by atoms with Gasteiger partial charge >= 0.3 is 0 Å². The number of hydrogen-bond acceptors (Lipinski definition) is 3. The lowest BCUT2D eigenvalue weighted by atomic mass is 10.1. The van der Waals surface area contributed by atoms with Crippen molar-refractivity contribution in [2.75, 3.05) is 39.3 Å². The van der Waals surface area contributed by atoms with Crippen molar-refractivity contribution in [3.8, 4) is 5.75 Å². The highest BCUT2D eigenvalue weighted by atomic mass is 127. The SMILES string of the molecule is CCNC(=NCC1CCN(C2CC2)C1)NCCOc1ccccc1.I. The molecule has 3 rings (SSSR count). The summed E-state index contributed by atoms with van der Waals surface area (Å²) >= 11 is 0. The average molecular weight is 458 g/mol. The van der Waals surface area contributed by atoms with Gasteiger partial charge in [-0.25, -0.2) is 0 Å². The second-order valence-electron chi connectivity index (χ2n) is 6.69. The van der Waals surface area contributed by atoms with Crippen LogP contribution in [0.5, 0.6) is 5.75 Å². The Bertz CT molecular complexity index is 521. The van der Waals surface area contributed by atoms with Gasteiger partial charge in [0.15, 0.2) is 5.96 Å². The molecule has 6 heteroatoms. The summed E-state index contributed by atoms with van der Waals surface area (Å²) in [6, 6.07) is 10.8. The Labute approximate surface area is 168 Å². The lowest BCUT2D eigenvalue weighted by Crippen LogP contribution is -2.39. The van der Waals surface area contributed by atoms with Crippen LogP contribution < -0.4 is 15.4 Å². The van der Waals surface area contributed by atoms with E-state index in [2.05, 4.69) is 22.5 Å². The number of guanidine groups is 1. The first-order valence-corrected chi connectivity index (χ1v) is 9.29.